The lowest BCUT2D eigenvalue weighted by molar-refractivity contribution is -0.383. The molecule has 2 aromatic carbocycles. The van der Waals surface area contributed by atoms with E-state index in [4.69, 9.17) is 4.74 Å². The molecule has 0 saturated carbocycles. The molecule has 3 rings (SSSR count). The van der Waals surface area contributed by atoms with Crippen LogP contribution in [-0.4, -0.2) is 27.9 Å². The van der Waals surface area contributed by atoms with Crippen LogP contribution in [0.5, 0.6) is 5.75 Å². The standard InChI is InChI=1S/C19H18N6O4/c1-29-15-10-6-5-9-14(15)22-18-17(25(27)28)19(21-12-20-18)24-23-16(26)11-13-7-3-2-4-8-13/h2-10,12H,11H2,1H3,(H,23,26)(H2,20,21,22,24). The number of nitro groups is 1. The fraction of sp³-hybridized carbons (Fsp3) is 0.105. The summed E-state index contributed by atoms with van der Waals surface area (Å²) in [4.78, 5) is 30.9. The number of para-hydroxylation sites is 2. The number of carbonyl (C=O) groups excluding carboxylic acids is 1. The topological polar surface area (TPSA) is 131 Å². The van der Waals surface area contributed by atoms with Crippen LogP contribution in [-0.2, 0) is 11.2 Å². The van der Waals surface area contributed by atoms with Crippen molar-refractivity contribution in [1.29, 1.82) is 0 Å². The number of aromatic nitrogens is 2. The first-order chi connectivity index (χ1) is 14.1. The maximum Gasteiger partial charge on any atom is 0.355 e. The quantitative estimate of drug-likeness (QED) is 0.393. The molecule has 148 valence electrons. The van der Waals surface area contributed by atoms with Crippen molar-refractivity contribution in [2.75, 3.05) is 17.9 Å². The van der Waals surface area contributed by atoms with Gasteiger partial charge in [0.1, 0.15) is 12.1 Å². The Morgan fingerprint density at radius 2 is 1.76 bits per heavy atom. The molecule has 0 aliphatic heterocycles. The molecular formula is C19H18N6O4. The molecule has 0 fully saturated rings. The predicted molar refractivity (Wildman–Crippen MR) is 107 cm³/mol. The van der Waals surface area contributed by atoms with Crippen LogP contribution in [0.1, 0.15) is 5.56 Å². The first-order valence-corrected chi connectivity index (χ1v) is 8.56. The van der Waals surface area contributed by atoms with Crippen molar-refractivity contribution in [3.63, 3.8) is 0 Å². The molecule has 1 aromatic heterocycles. The van der Waals surface area contributed by atoms with Crippen LogP contribution in [0.25, 0.3) is 0 Å². The minimum absolute atomic E-state index is 0.0469. The van der Waals surface area contributed by atoms with E-state index in [0.717, 1.165) is 11.9 Å². The average Bonchev–Trinajstić information content (AvgIpc) is 2.73. The van der Waals surface area contributed by atoms with Gasteiger partial charge < -0.3 is 10.1 Å². The molecule has 0 aliphatic carbocycles. The summed E-state index contributed by atoms with van der Waals surface area (Å²) < 4.78 is 5.24. The Balaban J connectivity index is 1.78. The fourth-order valence-electron chi connectivity index (χ4n) is 2.56. The number of nitrogens with zero attached hydrogens (tertiary/aromatic N) is 3. The maximum absolute atomic E-state index is 12.1. The summed E-state index contributed by atoms with van der Waals surface area (Å²) in [6.45, 7) is 0. The van der Waals surface area contributed by atoms with E-state index in [1.54, 1.807) is 24.3 Å². The smallest absolute Gasteiger partial charge is 0.355 e. The van der Waals surface area contributed by atoms with Crippen molar-refractivity contribution in [2.24, 2.45) is 0 Å². The summed E-state index contributed by atoms with van der Waals surface area (Å²) in [6, 6.07) is 16.0. The van der Waals surface area contributed by atoms with Crippen LogP contribution < -0.4 is 20.9 Å². The van der Waals surface area contributed by atoms with Gasteiger partial charge in [-0.2, -0.15) is 0 Å². The predicted octanol–water partition coefficient (Wildman–Crippen LogP) is 2.82. The van der Waals surface area contributed by atoms with Gasteiger partial charge in [0.15, 0.2) is 0 Å². The number of anilines is 3. The van der Waals surface area contributed by atoms with E-state index >= 15 is 0 Å². The molecule has 0 atom stereocenters. The molecule has 0 bridgehead atoms. The van der Waals surface area contributed by atoms with Crippen molar-refractivity contribution in [3.8, 4) is 5.75 Å². The number of hydrogen-bond donors (Lipinski definition) is 3. The zero-order valence-corrected chi connectivity index (χ0v) is 15.5. The molecule has 0 spiro atoms. The van der Waals surface area contributed by atoms with Gasteiger partial charge in [-0.3, -0.25) is 25.8 Å². The molecule has 0 unspecified atom stereocenters. The van der Waals surface area contributed by atoms with Crippen LogP contribution in [0, 0.1) is 10.1 Å². The van der Waals surface area contributed by atoms with Gasteiger partial charge in [-0.1, -0.05) is 42.5 Å². The van der Waals surface area contributed by atoms with Gasteiger partial charge in [-0.25, -0.2) is 9.97 Å². The summed E-state index contributed by atoms with van der Waals surface area (Å²) >= 11 is 0. The fourth-order valence-corrected chi connectivity index (χ4v) is 2.56. The van der Waals surface area contributed by atoms with Crippen LogP contribution in [0.2, 0.25) is 0 Å². The van der Waals surface area contributed by atoms with Gasteiger partial charge in [0.05, 0.1) is 24.1 Å². The summed E-state index contributed by atoms with van der Waals surface area (Å²) in [6.07, 6.45) is 1.26. The molecule has 3 N–H and O–H groups in total. The Labute approximate surface area is 166 Å². The van der Waals surface area contributed by atoms with Crippen LogP contribution in [0.15, 0.2) is 60.9 Å². The van der Waals surface area contributed by atoms with E-state index in [9.17, 15) is 14.9 Å². The van der Waals surface area contributed by atoms with Crippen LogP contribution in [0.4, 0.5) is 23.0 Å². The second kappa shape index (κ2) is 9.13. The lowest BCUT2D eigenvalue weighted by atomic mass is 10.1. The molecular weight excluding hydrogens is 376 g/mol. The van der Waals surface area contributed by atoms with E-state index in [1.165, 1.54) is 7.11 Å². The molecule has 3 aromatic rings. The summed E-state index contributed by atoms with van der Waals surface area (Å²) in [7, 11) is 1.49. The molecule has 0 saturated heterocycles. The van der Waals surface area contributed by atoms with Gasteiger partial charge >= 0.3 is 5.69 Å². The number of carbonyl (C=O) groups is 1. The number of amides is 1. The largest absolute Gasteiger partial charge is 0.495 e. The number of hydrazine groups is 1. The van der Waals surface area contributed by atoms with Crippen molar-refractivity contribution in [3.05, 3.63) is 76.6 Å². The summed E-state index contributed by atoms with van der Waals surface area (Å²) in [5.74, 6) is -0.0763. The minimum atomic E-state index is -0.635. The second-order valence-electron chi connectivity index (χ2n) is 5.84. The van der Waals surface area contributed by atoms with Crippen molar-refractivity contribution < 1.29 is 14.5 Å². The highest BCUT2D eigenvalue weighted by Gasteiger charge is 2.24. The first kappa shape index (κ1) is 19.5. The third-order valence-corrected chi connectivity index (χ3v) is 3.89. The number of methoxy groups -OCH3 is 1. The lowest BCUT2D eigenvalue weighted by Gasteiger charge is -2.12. The minimum Gasteiger partial charge on any atom is -0.495 e. The van der Waals surface area contributed by atoms with Gasteiger partial charge in [0.25, 0.3) is 0 Å². The van der Waals surface area contributed by atoms with Gasteiger partial charge in [0.2, 0.25) is 17.5 Å². The number of benzene rings is 2. The van der Waals surface area contributed by atoms with Crippen molar-refractivity contribution >= 4 is 28.9 Å². The third kappa shape index (κ3) is 4.95. The lowest BCUT2D eigenvalue weighted by Crippen LogP contribution is -2.31. The first-order valence-electron chi connectivity index (χ1n) is 8.56. The van der Waals surface area contributed by atoms with E-state index in [1.807, 2.05) is 30.3 Å². The summed E-state index contributed by atoms with van der Waals surface area (Å²) in [5.41, 5.74) is 5.81. The average molecular weight is 394 g/mol. The third-order valence-electron chi connectivity index (χ3n) is 3.89. The zero-order valence-electron chi connectivity index (χ0n) is 15.5. The Bertz CT molecular complexity index is 1010. The molecule has 1 heterocycles. The molecule has 0 radical (unpaired) electrons. The van der Waals surface area contributed by atoms with Gasteiger partial charge in [-0.15, -0.1) is 0 Å². The highest BCUT2D eigenvalue weighted by molar-refractivity contribution is 5.81. The highest BCUT2D eigenvalue weighted by Crippen LogP contribution is 2.33. The SMILES string of the molecule is COc1ccccc1Nc1ncnc(NNC(=O)Cc2ccccc2)c1[N+](=O)[O-]. The number of nitrogens with one attached hydrogen (secondary N) is 3. The van der Waals surface area contributed by atoms with E-state index in [-0.39, 0.29) is 24.0 Å². The normalized spacial score (nSPS) is 10.1. The van der Waals surface area contributed by atoms with Gasteiger partial charge in [0, 0.05) is 0 Å². The van der Waals surface area contributed by atoms with Gasteiger partial charge in [-0.05, 0) is 17.7 Å². The monoisotopic (exact) mass is 394 g/mol. The molecule has 10 heteroatoms. The summed E-state index contributed by atoms with van der Waals surface area (Å²) in [5, 5.41) is 14.5. The van der Waals surface area contributed by atoms with E-state index in [2.05, 4.69) is 26.1 Å². The van der Waals surface area contributed by atoms with E-state index in [0.29, 0.717) is 11.4 Å². The molecule has 0 aliphatic rings. The Morgan fingerprint density at radius 3 is 2.48 bits per heavy atom. The van der Waals surface area contributed by atoms with Crippen molar-refractivity contribution in [2.45, 2.75) is 6.42 Å². The van der Waals surface area contributed by atoms with Crippen LogP contribution >= 0.6 is 0 Å². The number of hydrogen-bond acceptors (Lipinski definition) is 8. The van der Waals surface area contributed by atoms with E-state index < -0.39 is 10.6 Å². The van der Waals surface area contributed by atoms with Crippen LogP contribution in [0.3, 0.4) is 0 Å². The number of rotatable bonds is 8. The second-order valence-corrected chi connectivity index (χ2v) is 5.84. The molecule has 10 nitrogen and oxygen atoms in total. The number of ether oxygens (including phenoxy) is 1. The Morgan fingerprint density at radius 1 is 1.07 bits per heavy atom. The molecule has 29 heavy (non-hydrogen) atoms. The Hall–Kier alpha value is -4.21. The Kier molecular flexibility index (Phi) is 6.15. The zero-order chi connectivity index (χ0) is 20.6. The molecule has 1 amide bonds. The highest BCUT2D eigenvalue weighted by atomic mass is 16.6. The maximum atomic E-state index is 12.1. The van der Waals surface area contributed by atoms with Crippen molar-refractivity contribution in [1.82, 2.24) is 15.4 Å².